The molecule has 0 bridgehead atoms. The largest absolute Gasteiger partial charge is 0.462 e. The Morgan fingerprint density at radius 3 is 1.51 bits per heavy atom. The summed E-state index contributed by atoms with van der Waals surface area (Å²) >= 11 is 0. The minimum atomic E-state index is -0.452. The number of aryl methyl sites for hydroxylation is 1. The second kappa shape index (κ2) is 13.8. The average molecular weight is 672 g/mol. The van der Waals surface area contributed by atoms with Crippen molar-refractivity contribution in [2.45, 2.75) is 40.2 Å². The van der Waals surface area contributed by atoms with Crippen molar-refractivity contribution >= 4 is 49.9 Å². The van der Waals surface area contributed by atoms with Crippen LogP contribution in [-0.4, -0.2) is 25.2 Å². The Bertz CT molecular complexity index is 2390. The number of anilines is 1. The molecule has 5 nitrogen and oxygen atoms in total. The van der Waals surface area contributed by atoms with E-state index in [-0.39, 0.29) is 18.8 Å². The van der Waals surface area contributed by atoms with E-state index >= 15 is 0 Å². The summed E-state index contributed by atoms with van der Waals surface area (Å²) in [6, 6.07) is 43.1. The summed E-state index contributed by atoms with van der Waals surface area (Å²) in [7, 11) is 0. The lowest BCUT2D eigenvalue weighted by Gasteiger charge is -2.28. The molecule has 0 heterocycles. The third-order valence-corrected chi connectivity index (χ3v) is 9.63. The fourth-order valence-corrected chi connectivity index (χ4v) is 7.04. The summed E-state index contributed by atoms with van der Waals surface area (Å²) in [6.45, 7) is 10.4. The molecule has 0 saturated heterocycles. The SMILES string of the molecule is CCOC(=O)c1cc(-c2ccc3c4ccccc4c4ccccc4c3c2)c(C(=O)OCC)cc1-c1ccc(C(C)(C)Nc2ccc(C)cc2)cc1. The van der Waals surface area contributed by atoms with Gasteiger partial charge in [0.1, 0.15) is 0 Å². The molecule has 0 saturated carbocycles. The molecule has 0 radical (unpaired) electrons. The lowest BCUT2D eigenvalue weighted by molar-refractivity contribution is 0.0513. The Balaban J connectivity index is 1.38. The molecule has 7 aromatic carbocycles. The molecule has 0 fully saturated rings. The molecule has 51 heavy (non-hydrogen) atoms. The standard InChI is InChI=1S/C46H41NO4/c1-6-50-44(48)42-28-40(31-20-25-38-36-14-9-8-12-34(36)35-13-10-11-15-37(35)41(38)26-31)43(45(49)51-7-2)27-39(42)30-18-21-32(22-19-30)46(4,5)47-33-23-16-29(3)17-24-33/h8-28,47H,6-7H2,1-5H3. The molecule has 1 N–H and O–H groups in total. The van der Waals surface area contributed by atoms with Gasteiger partial charge in [-0.05, 0) is 125 Å². The topological polar surface area (TPSA) is 64.6 Å². The van der Waals surface area contributed by atoms with Gasteiger partial charge >= 0.3 is 11.9 Å². The third kappa shape index (κ3) is 6.43. The Hall–Kier alpha value is -5.94. The van der Waals surface area contributed by atoms with Crippen molar-refractivity contribution in [2.24, 2.45) is 0 Å². The van der Waals surface area contributed by atoms with Crippen LogP contribution in [0.3, 0.4) is 0 Å². The summed E-state index contributed by atoms with van der Waals surface area (Å²) in [5, 5.41) is 10.4. The van der Waals surface area contributed by atoms with Crippen LogP contribution in [-0.2, 0) is 15.0 Å². The number of ether oxygens (including phenoxy) is 2. The predicted molar refractivity (Wildman–Crippen MR) is 210 cm³/mol. The maximum Gasteiger partial charge on any atom is 0.338 e. The number of carbonyl (C=O) groups is 2. The van der Waals surface area contributed by atoms with Gasteiger partial charge in [0.15, 0.2) is 0 Å². The van der Waals surface area contributed by atoms with Crippen LogP contribution in [0.15, 0.2) is 127 Å². The minimum Gasteiger partial charge on any atom is -0.462 e. The van der Waals surface area contributed by atoms with Gasteiger partial charge in [-0.1, -0.05) is 103 Å². The second-order valence-corrected chi connectivity index (χ2v) is 13.4. The molecule has 7 aromatic rings. The lowest BCUT2D eigenvalue weighted by atomic mass is 9.87. The van der Waals surface area contributed by atoms with Gasteiger partial charge in [-0.25, -0.2) is 9.59 Å². The summed E-state index contributed by atoms with van der Waals surface area (Å²) in [5.41, 5.74) is 6.52. The number of hydrogen-bond acceptors (Lipinski definition) is 5. The summed E-state index contributed by atoms with van der Waals surface area (Å²) in [4.78, 5) is 27.4. The first-order valence-electron chi connectivity index (χ1n) is 17.5. The first-order chi connectivity index (χ1) is 24.7. The Morgan fingerprint density at radius 1 is 0.549 bits per heavy atom. The van der Waals surface area contributed by atoms with Gasteiger partial charge in [0.25, 0.3) is 0 Å². The van der Waals surface area contributed by atoms with Crippen molar-refractivity contribution < 1.29 is 19.1 Å². The van der Waals surface area contributed by atoms with E-state index in [1.807, 2.05) is 24.3 Å². The molecule has 0 spiro atoms. The zero-order valence-corrected chi connectivity index (χ0v) is 29.7. The van der Waals surface area contributed by atoms with Crippen LogP contribution in [0.5, 0.6) is 0 Å². The highest BCUT2D eigenvalue weighted by molar-refractivity contribution is 6.26. The van der Waals surface area contributed by atoms with Crippen LogP contribution in [0.2, 0.25) is 0 Å². The van der Waals surface area contributed by atoms with Crippen molar-refractivity contribution in [3.63, 3.8) is 0 Å². The number of nitrogens with one attached hydrogen (secondary N) is 1. The monoisotopic (exact) mass is 671 g/mol. The summed E-state index contributed by atoms with van der Waals surface area (Å²) in [6.07, 6.45) is 0. The molecule has 0 aliphatic heterocycles. The fraction of sp³-hybridized carbons (Fsp3) is 0.174. The molecule has 0 unspecified atom stereocenters. The number of carbonyl (C=O) groups excluding carboxylic acids is 2. The normalized spacial score (nSPS) is 11.5. The highest BCUT2D eigenvalue weighted by atomic mass is 16.5. The van der Waals surface area contributed by atoms with Crippen LogP contribution in [0.4, 0.5) is 5.69 Å². The molecular weight excluding hydrogens is 631 g/mol. The summed E-state index contributed by atoms with van der Waals surface area (Å²) < 4.78 is 11.2. The Kier molecular flexibility index (Phi) is 9.05. The predicted octanol–water partition coefficient (Wildman–Crippen LogP) is 11.5. The maximum atomic E-state index is 13.7. The first kappa shape index (κ1) is 33.6. The van der Waals surface area contributed by atoms with Crippen molar-refractivity contribution in [3.05, 3.63) is 150 Å². The Labute approximate surface area is 298 Å². The quantitative estimate of drug-likeness (QED) is 0.122. The molecule has 0 amide bonds. The van der Waals surface area contributed by atoms with Crippen molar-refractivity contribution in [3.8, 4) is 22.3 Å². The molecule has 5 heteroatoms. The molecular formula is C46H41NO4. The molecule has 254 valence electrons. The van der Waals surface area contributed by atoms with Crippen LogP contribution in [0.1, 0.15) is 59.5 Å². The molecule has 7 rings (SSSR count). The zero-order valence-electron chi connectivity index (χ0n) is 29.7. The number of rotatable bonds is 9. The van der Waals surface area contributed by atoms with Crippen LogP contribution < -0.4 is 5.32 Å². The van der Waals surface area contributed by atoms with E-state index in [0.29, 0.717) is 22.3 Å². The number of esters is 2. The van der Waals surface area contributed by atoms with E-state index in [1.54, 1.807) is 26.0 Å². The number of fused-ring (bicyclic) bond motifs is 6. The first-order valence-corrected chi connectivity index (χ1v) is 17.5. The van der Waals surface area contributed by atoms with Gasteiger partial charge in [-0.2, -0.15) is 0 Å². The second-order valence-electron chi connectivity index (χ2n) is 13.4. The summed E-state index contributed by atoms with van der Waals surface area (Å²) in [5.74, 6) is -0.903. The zero-order chi connectivity index (χ0) is 35.7. The van der Waals surface area contributed by atoms with E-state index in [0.717, 1.165) is 49.3 Å². The maximum absolute atomic E-state index is 13.7. The van der Waals surface area contributed by atoms with Gasteiger partial charge in [-0.3, -0.25) is 0 Å². The van der Waals surface area contributed by atoms with Gasteiger partial charge in [-0.15, -0.1) is 0 Å². The molecule has 0 atom stereocenters. The van der Waals surface area contributed by atoms with Crippen LogP contribution in [0.25, 0.3) is 54.6 Å². The van der Waals surface area contributed by atoms with E-state index in [4.69, 9.17) is 9.47 Å². The number of hydrogen-bond donors (Lipinski definition) is 1. The Morgan fingerprint density at radius 2 is 1.00 bits per heavy atom. The van der Waals surface area contributed by atoms with Gasteiger partial charge in [0, 0.05) is 5.69 Å². The van der Waals surface area contributed by atoms with E-state index < -0.39 is 11.9 Å². The van der Waals surface area contributed by atoms with Gasteiger partial charge in [0.2, 0.25) is 0 Å². The van der Waals surface area contributed by atoms with E-state index in [9.17, 15) is 9.59 Å². The number of benzene rings is 7. The minimum absolute atomic E-state index is 0.222. The molecule has 0 aromatic heterocycles. The fourth-order valence-electron chi connectivity index (χ4n) is 7.04. The highest BCUT2D eigenvalue weighted by Gasteiger charge is 2.25. The van der Waals surface area contributed by atoms with Crippen molar-refractivity contribution in [1.29, 1.82) is 0 Å². The average Bonchev–Trinajstić information content (AvgIpc) is 3.15. The van der Waals surface area contributed by atoms with E-state index in [2.05, 4.69) is 117 Å². The smallest absolute Gasteiger partial charge is 0.338 e. The van der Waals surface area contributed by atoms with Crippen molar-refractivity contribution in [1.82, 2.24) is 0 Å². The van der Waals surface area contributed by atoms with E-state index in [1.165, 1.54) is 10.9 Å². The molecule has 0 aliphatic carbocycles. The lowest BCUT2D eigenvalue weighted by Crippen LogP contribution is -2.27. The van der Waals surface area contributed by atoms with Crippen LogP contribution >= 0.6 is 0 Å². The highest BCUT2D eigenvalue weighted by Crippen LogP contribution is 2.40. The van der Waals surface area contributed by atoms with Gasteiger partial charge in [0.05, 0.1) is 29.9 Å². The van der Waals surface area contributed by atoms with Crippen molar-refractivity contribution in [2.75, 3.05) is 18.5 Å². The third-order valence-electron chi connectivity index (χ3n) is 9.63. The van der Waals surface area contributed by atoms with Gasteiger partial charge < -0.3 is 14.8 Å². The molecule has 0 aliphatic rings. The van der Waals surface area contributed by atoms with Crippen LogP contribution in [0, 0.1) is 6.92 Å².